The van der Waals surface area contributed by atoms with Crippen LogP contribution >= 0.6 is 0 Å². The monoisotopic (exact) mass is 226 g/mol. The Morgan fingerprint density at radius 2 is 1.19 bits per heavy atom. The molecule has 0 bridgehead atoms. The van der Waals surface area contributed by atoms with E-state index in [2.05, 4.69) is 67.6 Å². The van der Waals surface area contributed by atoms with Gasteiger partial charge < -0.3 is 0 Å². The zero-order valence-corrected chi connectivity index (χ0v) is 12.0. The van der Waals surface area contributed by atoms with Crippen molar-refractivity contribution in [2.75, 3.05) is 0 Å². The normalized spacial score (nSPS) is 11.6. The van der Waals surface area contributed by atoms with Gasteiger partial charge in [-0.1, -0.05) is 67.6 Å². The van der Waals surface area contributed by atoms with E-state index in [9.17, 15) is 0 Å². The average molecular weight is 226 g/mol. The first-order chi connectivity index (χ1) is 7.77. The summed E-state index contributed by atoms with van der Waals surface area (Å²) >= 11 is 0. The standard InChI is InChI=1S/C15H18Si/c1-2-15(16,13-9-5-3-6-10-13)14-11-7-4-8-12-14/h3-12H,2H2,1,16H3. The van der Waals surface area contributed by atoms with Gasteiger partial charge in [0.15, 0.2) is 0 Å². The van der Waals surface area contributed by atoms with Crippen molar-refractivity contribution in [3.63, 3.8) is 0 Å². The van der Waals surface area contributed by atoms with Crippen LogP contribution in [0.15, 0.2) is 60.7 Å². The molecule has 0 radical (unpaired) electrons. The molecule has 2 rings (SSSR count). The highest BCUT2D eigenvalue weighted by molar-refractivity contribution is 6.18. The van der Waals surface area contributed by atoms with Crippen LogP contribution in [-0.4, -0.2) is 10.2 Å². The molecular formula is C15H18Si. The van der Waals surface area contributed by atoms with Gasteiger partial charge in [-0.05, 0) is 17.5 Å². The highest BCUT2D eigenvalue weighted by atomic mass is 28.1. The smallest absolute Gasteiger partial charge is 0.0218 e. The molecule has 0 amide bonds. The van der Waals surface area contributed by atoms with Gasteiger partial charge in [0.25, 0.3) is 0 Å². The zero-order valence-electron chi connectivity index (χ0n) is 9.98. The Morgan fingerprint density at radius 1 is 0.812 bits per heavy atom. The summed E-state index contributed by atoms with van der Waals surface area (Å²) in [6.45, 7) is 2.28. The minimum absolute atomic E-state index is 0.266. The first-order valence-electron chi connectivity index (χ1n) is 5.88. The molecule has 0 saturated carbocycles. The fraction of sp³-hybridized carbons (Fsp3) is 0.200. The van der Waals surface area contributed by atoms with Gasteiger partial charge in [-0.15, -0.1) is 0 Å². The summed E-state index contributed by atoms with van der Waals surface area (Å²) in [5.41, 5.74) is 2.91. The van der Waals surface area contributed by atoms with E-state index in [4.69, 9.17) is 0 Å². The Balaban J connectivity index is 2.49. The molecule has 1 heteroatoms. The Morgan fingerprint density at radius 3 is 1.50 bits per heavy atom. The lowest BCUT2D eigenvalue weighted by molar-refractivity contribution is 0.694. The van der Waals surface area contributed by atoms with E-state index in [-0.39, 0.29) is 5.04 Å². The molecule has 0 unspecified atom stereocenters. The summed E-state index contributed by atoms with van der Waals surface area (Å²) < 4.78 is 0. The molecule has 0 aliphatic heterocycles. The minimum Gasteiger partial charge on any atom is -0.0645 e. The summed E-state index contributed by atoms with van der Waals surface area (Å²) in [5, 5.41) is 0.266. The number of benzene rings is 2. The first-order valence-corrected chi connectivity index (χ1v) is 6.88. The van der Waals surface area contributed by atoms with Crippen LogP contribution in [0.2, 0.25) is 0 Å². The molecule has 0 fully saturated rings. The predicted molar refractivity (Wildman–Crippen MR) is 73.9 cm³/mol. The van der Waals surface area contributed by atoms with Gasteiger partial charge in [0, 0.05) is 15.3 Å². The van der Waals surface area contributed by atoms with E-state index >= 15 is 0 Å². The fourth-order valence-electron chi connectivity index (χ4n) is 2.19. The molecule has 2 aromatic carbocycles. The van der Waals surface area contributed by atoms with Gasteiger partial charge in [0.2, 0.25) is 0 Å². The second kappa shape index (κ2) is 4.66. The molecule has 0 atom stereocenters. The number of hydrogen-bond donors (Lipinski definition) is 0. The second-order valence-electron chi connectivity index (χ2n) is 4.42. The summed E-state index contributed by atoms with van der Waals surface area (Å²) in [6.07, 6.45) is 1.17. The lowest BCUT2D eigenvalue weighted by atomic mass is 9.88. The van der Waals surface area contributed by atoms with Gasteiger partial charge in [0.1, 0.15) is 0 Å². The lowest BCUT2D eigenvalue weighted by Crippen LogP contribution is -2.26. The molecule has 0 heterocycles. The lowest BCUT2D eigenvalue weighted by Gasteiger charge is -2.29. The van der Waals surface area contributed by atoms with Gasteiger partial charge in [0.05, 0.1) is 0 Å². The van der Waals surface area contributed by atoms with E-state index in [1.54, 1.807) is 0 Å². The maximum absolute atomic E-state index is 2.28. The van der Waals surface area contributed by atoms with Crippen LogP contribution in [0.5, 0.6) is 0 Å². The average Bonchev–Trinajstić information content (AvgIpc) is 2.40. The summed E-state index contributed by atoms with van der Waals surface area (Å²) in [4.78, 5) is 0. The van der Waals surface area contributed by atoms with E-state index < -0.39 is 0 Å². The third-order valence-corrected chi connectivity index (χ3v) is 5.39. The van der Waals surface area contributed by atoms with E-state index in [1.165, 1.54) is 17.5 Å². The van der Waals surface area contributed by atoms with E-state index in [0.29, 0.717) is 0 Å². The van der Waals surface area contributed by atoms with Crippen molar-refractivity contribution in [1.29, 1.82) is 0 Å². The molecule has 0 N–H and O–H groups in total. The third-order valence-electron chi connectivity index (χ3n) is 3.53. The van der Waals surface area contributed by atoms with Gasteiger partial charge in [-0.2, -0.15) is 0 Å². The van der Waals surface area contributed by atoms with Gasteiger partial charge >= 0.3 is 0 Å². The Kier molecular flexibility index (Phi) is 3.25. The van der Waals surface area contributed by atoms with Crippen LogP contribution in [0.4, 0.5) is 0 Å². The minimum atomic E-state index is 0.266. The van der Waals surface area contributed by atoms with E-state index in [0.717, 1.165) is 10.2 Å². The molecule has 0 aliphatic rings. The van der Waals surface area contributed by atoms with Crippen molar-refractivity contribution in [1.82, 2.24) is 0 Å². The van der Waals surface area contributed by atoms with Crippen molar-refractivity contribution in [3.8, 4) is 0 Å². The quantitative estimate of drug-likeness (QED) is 0.706. The van der Waals surface area contributed by atoms with Crippen LogP contribution in [0.3, 0.4) is 0 Å². The Bertz CT molecular complexity index is 394. The van der Waals surface area contributed by atoms with Gasteiger partial charge in [-0.25, -0.2) is 0 Å². The first kappa shape index (κ1) is 11.2. The van der Waals surface area contributed by atoms with Crippen molar-refractivity contribution < 1.29 is 0 Å². The van der Waals surface area contributed by atoms with Crippen molar-refractivity contribution in [2.24, 2.45) is 0 Å². The zero-order chi connectivity index (χ0) is 11.4. The molecule has 2 aromatic rings. The van der Waals surface area contributed by atoms with Crippen LogP contribution < -0.4 is 0 Å². The molecule has 82 valence electrons. The topological polar surface area (TPSA) is 0 Å². The summed E-state index contributed by atoms with van der Waals surface area (Å²) in [7, 11) is 1.14. The highest BCUT2D eigenvalue weighted by Gasteiger charge is 2.25. The molecule has 0 saturated heterocycles. The van der Waals surface area contributed by atoms with Crippen molar-refractivity contribution >= 4 is 10.2 Å². The number of rotatable bonds is 3. The Labute approximate surface area is 101 Å². The fourth-order valence-corrected chi connectivity index (χ4v) is 2.85. The maximum Gasteiger partial charge on any atom is 0.0218 e. The van der Waals surface area contributed by atoms with Crippen molar-refractivity contribution in [3.05, 3.63) is 71.8 Å². The molecule has 0 spiro atoms. The van der Waals surface area contributed by atoms with Gasteiger partial charge in [-0.3, -0.25) is 0 Å². The third kappa shape index (κ3) is 1.96. The SMILES string of the molecule is CCC([SiH3])(c1ccccc1)c1ccccc1. The van der Waals surface area contributed by atoms with Crippen molar-refractivity contribution in [2.45, 2.75) is 18.4 Å². The molecular weight excluding hydrogens is 208 g/mol. The number of hydrogen-bond acceptors (Lipinski definition) is 0. The highest BCUT2D eigenvalue weighted by Crippen LogP contribution is 2.31. The van der Waals surface area contributed by atoms with Crippen LogP contribution in [-0.2, 0) is 5.04 Å². The largest absolute Gasteiger partial charge is 0.0645 e. The molecule has 0 nitrogen and oxygen atoms in total. The Hall–Kier alpha value is -1.34. The molecule has 0 aliphatic carbocycles. The molecule has 16 heavy (non-hydrogen) atoms. The van der Waals surface area contributed by atoms with Crippen LogP contribution in [0, 0.1) is 0 Å². The second-order valence-corrected chi connectivity index (χ2v) is 6.12. The maximum atomic E-state index is 2.28. The van der Waals surface area contributed by atoms with Crippen LogP contribution in [0.1, 0.15) is 24.5 Å². The summed E-state index contributed by atoms with van der Waals surface area (Å²) in [5.74, 6) is 0. The predicted octanol–water partition coefficient (Wildman–Crippen LogP) is 2.71. The van der Waals surface area contributed by atoms with Crippen LogP contribution in [0.25, 0.3) is 0 Å². The van der Waals surface area contributed by atoms with E-state index in [1.807, 2.05) is 0 Å². The summed E-state index contributed by atoms with van der Waals surface area (Å²) in [6, 6.07) is 21.8. The molecule has 0 aromatic heterocycles.